The van der Waals surface area contributed by atoms with Crippen LogP contribution in [0.15, 0.2) is 36.0 Å². The summed E-state index contributed by atoms with van der Waals surface area (Å²) in [5, 5.41) is 4.76. The van der Waals surface area contributed by atoms with Crippen LogP contribution < -0.4 is 10.2 Å². The lowest BCUT2D eigenvalue weighted by atomic mass is 10.1. The van der Waals surface area contributed by atoms with Crippen molar-refractivity contribution in [1.82, 2.24) is 9.97 Å². The van der Waals surface area contributed by atoms with E-state index < -0.39 is 0 Å². The quantitative estimate of drug-likeness (QED) is 0.881. The van der Waals surface area contributed by atoms with Gasteiger partial charge in [-0.2, -0.15) is 0 Å². The molecule has 5 nitrogen and oxygen atoms in total. The van der Waals surface area contributed by atoms with Gasteiger partial charge in [0.25, 0.3) is 0 Å². The van der Waals surface area contributed by atoms with Gasteiger partial charge in [-0.3, -0.25) is 4.79 Å². The van der Waals surface area contributed by atoms with Crippen molar-refractivity contribution >= 4 is 35.0 Å². The number of nitrogens with zero attached hydrogens (tertiary/aromatic N) is 3. The van der Waals surface area contributed by atoms with E-state index in [-0.39, 0.29) is 5.91 Å². The molecule has 2 aromatic rings. The van der Waals surface area contributed by atoms with Gasteiger partial charge in [0.2, 0.25) is 5.91 Å². The highest BCUT2D eigenvalue weighted by Crippen LogP contribution is 2.19. The third-order valence-corrected chi connectivity index (χ3v) is 4.36. The van der Waals surface area contributed by atoms with Crippen molar-refractivity contribution in [2.45, 2.75) is 19.3 Å². The number of carbonyl (C=O) groups is 1. The Hall–Kier alpha value is -2.21. The predicted octanol–water partition coefficient (Wildman–Crippen LogP) is 3.18. The molecule has 0 bridgehead atoms. The van der Waals surface area contributed by atoms with Crippen molar-refractivity contribution in [1.29, 1.82) is 0 Å². The largest absolute Gasteiger partial charge is 0.356 e. The molecule has 1 aliphatic rings. The zero-order valence-electron chi connectivity index (χ0n) is 12.2. The van der Waals surface area contributed by atoms with E-state index in [1.165, 1.54) is 31.7 Å². The molecule has 3 heterocycles. The molecular formula is C16H18N4OS. The summed E-state index contributed by atoms with van der Waals surface area (Å²) in [6.45, 7) is 2.03. The molecule has 0 spiro atoms. The summed E-state index contributed by atoms with van der Waals surface area (Å²) in [6.07, 6.45) is 8.48. The minimum atomic E-state index is -0.184. The third kappa shape index (κ3) is 3.92. The van der Waals surface area contributed by atoms with Gasteiger partial charge in [0, 0.05) is 30.1 Å². The Balaban J connectivity index is 1.63. The lowest BCUT2D eigenvalue weighted by Crippen LogP contribution is -2.30. The Morgan fingerprint density at radius 3 is 2.91 bits per heavy atom. The van der Waals surface area contributed by atoms with Gasteiger partial charge in [-0.05, 0) is 36.8 Å². The summed E-state index contributed by atoms with van der Waals surface area (Å²) in [4.78, 5) is 23.6. The molecule has 0 radical (unpaired) electrons. The Labute approximate surface area is 133 Å². The Morgan fingerprint density at radius 2 is 2.14 bits per heavy atom. The number of hydrogen-bond donors (Lipinski definition) is 1. The highest BCUT2D eigenvalue weighted by molar-refractivity contribution is 7.10. The first-order chi connectivity index (χ1) is 10.8. The second-order valence-corrected chi connectivity index (χ2v) is 6.13. The Morgan fingerprint density at radius 1 is 1.27 bits per heavy atom. The topological polar surface area (TPSA) is 58.1 Å². The van der Waals surface area contributed by atoms with Gasteiger partial charge in [0.1, 0.15) is 18.0 Å². The number of hydrogen-bond acceptors (Lipinski definition) is 5. The molecule has 1 N–H and O–H groups in total. The van der Waals surface area contributed by atoms with Gasteiger partial charge in [-0.1, -0.05) is 6.07 Å². The molecule has 22 heavy (non-hydrogen) atoms. The molecule has 0 saturated carbocycles. The SMILES string of the molecule is O=C(/C=C/c1cccs1)Nc1cc(N2CCCCC2)ncn1. The zero-order valence-corrected chi connectivity index (χ0v) is 13.1. The Kier molecular flexibility index (Phi) is 4.80. The average molecular weight is 314 g/mol. The molecule has 0 unspecified atom stereocenters. The predicted molar refractivity (Wildman–Crippen MR) is 90.1 cm³/mol. The minimum absolute atomic E-state index is 0.184. The van der Waals surface area contributed by atoms with Crippen molar-refractivity contribution in [3.05, 3.63) is 40.9 Å². The third-order valence-electron chi connectivity index (χ3n) is 3.53. The number of carbonyl (C=O) groups excluding carboxylic acids is 1. The first-order valence-corrected chi connectivity index (χ1v) is 8.29. The van der Waals surface area contributed by atoms with Crippen molar-refractivity contribution in [2.75, 3.05) is 23.3 Å². The first-order valence-electron chi connectivity index (χ1n) is 7.41. The van der Waals surface area contributed by atoms with Gasteiger partial charge < -0.3 is 10.2 Å². The minimum Gasteiger partial charge on any atom is -0.356 e. The molecule has 2 aromatic heterocycles. The van der Waals surface area contributed by atoms with Crippen LogP contribution in [0.5, 0.6) is 0 Å². The highest BCUT2D eigenvalue weighted by Gasteiger charge is 2.13. The van der Waals surface area contributed by atoms with Crippen LogP contribution in [0.25, 0.3) is 6.08 Å². The molecule has 1 aliphatic heterocycles. The van der Waals surface area contributed by atoms with Crippen molar-refractivity contribution in [2.24, 2.45) is 0 Å². The molecule has 0 aliphatic carbocycles. The molecule has 1 amide bonds. The summed E-state index contributed by atoms with van der Waals surface area (Å²) >= 11 is 1.59. The molecular weight excluding hydrogens is 296 g/mol. The fourth-order valence-electron chi connectivity index (χ4n) is 2.42. The van der Waals surface area contributed by atoms with E-state index in [2.05, 4.69) is 20.2 Å². The average Bonchev–Trinajstić information content (AvgIpc) is 3.08. The fourth-order valence-corrected chi connectivity index (χ4v) is 3.04. The van der Waals surface area contributed by atoms with Crippen molar-refractivity contribution in [3.8, 4) is 0 Å². The maximum absolute atomic E-state index is 11.9. The fraction of sp³-hybridized carbons (Fsp3) is 0.312. The monoisotopic (exact) mass is 314 g/mol. The number of anilines is 2. The van der Waals surface area contributed by atoms with Gasteiger partial charge in [-0.15, -0.1) is 11.3 Å². The van der Waals surface area contributed by atoms with E-state index in [1.807, 2.05) is 23.6 Å². The smallest absolute Gasteiger partial charge is 0.249 e. The van der Waals surface area contributed by atoms with Crippen LogP contribution >= 0.6 is 11.3 Å². The van der Waals surface area contributed by atoms with Crippen LogP contribution in [0, 0.1) is 0 Å². The number of amides is 1. The number of aromatic nitrogens is 2. The highest BCUT2D eigenvalue weighted by atomic mass is 32.1. The molecule has 114 valence electrons. The van der Waals surface area contributed by atoms with Crippen LogP contribution in [0.3, 0.4) is 0 Å². The maximum Gasteiger partial charge on any atom is 0.249 e. The van der Waals surface area contributed by atoms with Crippen molar-refractivity contribution in [3.63, 3.8) is 0 Å². The lowest BCUT2D eigenvalue weighted by Gasteiger charge is -2.27. The molecule has 6 heteroatoms. The summed E-state index contributed by atoms with van der Waals surface area (Å²) in [6, 6.07) is 5.76. The second-order valence-electron chi connectivity index (χ2n) is 5.15. The molecule has 3 rings (SSSR count). The van der Waals surface area contributed by atoms with Crippen LogP contribution in [0.1, 0.15) is 24.1 Å². The van der Waals surface area contributed by atoms with Gasteiger partial charge in [0.15, 0.2) is 0 Å². The van der Waals surface area contributed by atoms with Crippen LogP contribution in [-0.2, 0) is 4.79 Å². The molecule has 0 atom stereocenters. The number of piperidine rings is 1. The van der Waals surface area contributed by atoms with E-state index >= 15 is 0 Å². The molecule has 1 saturated heterocycles. The van der Waals surface area contributed by atoms with Gasteiger partial charge in [0.05, 0.1) is 0 Å². The molecule has 1 fully saturated rings. The van der Waals surface area contributed by atoms with Crippen LogP contribution in [0.2, 0.25) is 0 Å². The first kappa shape index (κ1) is 14.7. The lowest BCUT2D eigenvalue weighted by molar-refractivity contribution is -0.111. The zero-order chi connectivity index (χ0) is 15.2. The van der Waals surface area contributed by atoms with E-state index in [0.717, 1.165) is 23.8 Å². The summed E-state index contributed by atoms with van der Waals surface area (Å²) in [5.41, 5.74) is 0. The van der Waals surface area contributed by atoms with Crippen molar-refractivity contribution < 1.29 is 4.79 Å². The summed E-state index contributed by atoms with van der Waals surface area (Å²) in [5.74, 6) is 1.24. The van der Waals surface area contributed by atoms with E-state index in [1.54, 1.807) is 17.4 Å². The summed E-state index contributed by atoms with van der Waals surface area (Å²) < 4.78 is 0. The second kappa shape index (κ2) is 7.17. The van der Waals surface area contributed by atoms with Crippen LogP contribution in [-0.4, -0.2) is 29.0 Å². The van der Waals surface area contributed by atoms with Crippen LogP contribution in [0.4, 0.5) is 11.6 Å². The number of thiophene rings is 1. The standard InChI is InChI=1S/C16H18N4OS/c21-16(7-6-13-5-4-10-22-13)19-14-11-15(18-12-17-14)20-8-2-1-3-9-20/h4-7,10-12H,1-3,8-9H2,(H,17,18,19,21)/b7-6+. The van der Waals surface area contributed by atoms with Gasteiger partial charge >= 0.3 is 0 Å². The summed E-state index contributed by atoms with van der Waals surface area (Å²) in [7, 11) is 0. The number of nitrogens with one attached hydrogen (secondary N) is 1. The Bertz CT molecular complexity index is 648. The van der Waals surface area contributed by atoms with Gasteiger partial charge in [-0.25, -0.2) is 9.97 Å². The van der Waals surface area contributed by atoms with E-state index in [9.17, 15) is 4.79 Å². The molecule has 0 aromatic carbocycles. The number of rotatable bonds is 4. The van der Waals surface area contributed by atoms with E-state index in [4.69, 9.17) is 0 Å². The maximum atomic E-state index is 11.9. The van der Waals surface area contributed by atoms with E-state index in [0.29, 0.717) is 5.82 Å². The normalized spacial score (nSPS) is 15.2.